The van der Waals surface area contributed by atoms with Gasteiger partial charge in [0, 0.05) is 0 Å². The van der Waals surface area contributed by atoms with Gasteiger partial charge >= 0.3 is 0 Å². The van der Waals surface area contributed by atoms with Crippen molar-refractivity contribution in [2.45, 2.75) is 5.88 Å². The van der Waals surface area contributed by atoms with Crippen LogP contribution in [0.4, 0.5) is 0 Å². The average molecular weight is 298 g/mol. The van der Waals surface area contributed by atoms with Gasteiger partial charge in [-0.2, -0.15) is 5.26 Å². The molecule has 0 aliphatic rings. The number of ether oxygens (including phenoxy) is 1. The molecule has 0 saturated carbocycles. The lowest BCUT2D eigenvalue weighted by atomic mass is 10.2. The number of methoxy groups -OCH3 is 1. The lowest BCUT2D eigenvalue weighted by Crippen LogP contribution is -2.01. The van der Waals surface area contributed by atoms with E-state index in [-0.39, 0.29) is 5.88 Å². The predicted molar refractivity (Wildman–Crippen MR) is 81.9 cm³/mol. The summed E-state index contributed by atoms with van der Waals surface area (Å²) < 4.78 is 7.35. The van der Waals surface area contributed by atoms with Gasteiger partial charge in [0.2, 0.25) is 0 Å². The Morgan fingerprint density at radius 1 is 1.24 bits per heavy atom. The number of hydrogen-bond acceptors (Lipinski definition) is 3. The van der Waals surface area contributed by atoms with Crippen LogP contribution in [0.5, 0.6) is 5.75 Å². The third kappa shape index (κ3) is 2.12. The van der Waals surface area contributed by atoms with E-state index in [0.717, 1.165) is 17.0 Å². The standard InChI is InChI=1S/C16H12ClN3O/c1-21-14-8-3-2-6-12(14)20-13-7-4-5-11(10-18)16(13)19-15(20)9-17/h2-8H,9H2,1H3. The molecule has 0 bridgehead atoms. The maximum atomic E-state index is 9.22. The number of fused-ring (bicyclic) bond motifs is 1. The fourth-order valence-corrected chi connectivity index (χ4v) is 2.59. The number of nitrogens with zero attached hydrogens (tertiary/aromatic N) is 3. The van der Waals surface area contributed by atoms with Crippen molar-refractivity contribution in [1.29, 1.82) is 5.26 Å². The number of halogens is 1. The van der Waals surface area contributed by atoms with Gasteiger partial charge in [-0.15, -0.1) is 11.6 Å². The van der Waals surface area contributed by atoms with Crippen molar-refractivity contribution in [3.05, 3.63) is 53.9 Å². The Labute approximate surface area is 127 Å². The molecule has 0 spiro atoms. The number of aromatic nitrogens is 2. The average Bonchev–Trinajstić information content (AvgIpc) is 2.93. The second-order valence-corrected chi connectivity index (χ2v) is 4.72. The Bertz CT molecular complexity index is 848. The number of hydrogen-bond donors (Lipinski definition) is 0. The van der Waals surface area contributed by atoms with Gasteiger partial charge in [0.1, 0.15) is 23.2 Å². The van der Waals surface area contributed by atoms with Crippen LogP contribution in [0.1, 0.15) is 11.4 Å². The van der Waals surface area contributed by atoms with E-state index >= 15 is 0 Å². The summed E-state index contributed by atoms with van der Waals surface area (Å²) in [4.78, 5) is 4.51. The molecule has 0 N–H and O–H groups in total. The maximum absolute atomic E-state index is 9.22. The Balaban J connectivity index is 2.39. The van der Waals surface area contributed by atoms with Crippen LogP contribution >= 0.6 is 11.6 Å². The third-order valence-corrected chi connectivity index (χ3v) is 3.56. The first-order valence-electron chi connectivity index (χ1n) is 6.40. The summed E-state index contributed by atoms with van der Waals surface area (Å²) in [6.45, 7) is 0. The molecule has 21 heavy (non-hydrogen) atoms. The summed E-state index contributed by atoms with van der Waals surface area (Å²) in [7, 11) is 1.62. The van der Waals surface area contributed by atoms with Crippen molar-refractivity contribution in [2.75, 3.05) is 7.11 Å². The quantitative estimate of drug-likeness (QED) is 0.693. The van der Waals surface area contributed by atoms with Gasteiger partial charge in [0.25, 0.3) is 0 Å². The van der Waals surface area contributed by atoms with Crippen molar-refractivity contribution in [3.63, 3.8) is 0 Å². The molecule has 3 aromatic rings. The van der Waals surface area contributed by atoms with E-state index in [0.29, 0.717) is 16.9 Å². The minimum absolute atomic E-state index is 0.248. The van der Waals surface area contributed by atoms with Crippen molar-refractivity contribution in [3.8, 4) is 17.5 Å². The first-order chi connectivity index (χ1) is 10.3. The zero-order valence-corrected chi connectivity index (χ0v) is 12.1. The molecule has 5 heteroatoms. The summed E-state index contributed by atoms with van der Waals surface area (Å²) in [5, 5.41) is 9.22. The van der Waals surface area contributed by atoms with Crippen LogP contribution in [0.25, 0.3) is 16.7 Å². The molecule has 1 heterocycles. The van der Waals surface area contributed by atoms with Crippen molar-refractivity contribution >= 4 is 22.6 Å². The van der Waals surface area contributed by atoms with Crippen LogP contribution in [0.15, 0.2) is 42.5 Å². The summed E-state index contributed by atoms with van der Waals surface area (Å²) in [5.41, 5.74) is 2.89. The molecule has 0 radical (unpaired) electrons. The number of alkyl halides is 1. The molecule has 0 saturated heterocycles. The van der Waals surface area contributed by atoms with Crippen LogP contribution in [-0.4, -0.2) is 16.7 Å². The Morgan fingerprint density at radius 3 is 2.76 bits per heavy atom. The summed E-state index contributed by atoms with van der Waals surface area (Å²) >= 11 is 6.04. The summed E-state index contributed by atoms with van der Waals surface area (Å²) in [6, 6.07) is 15.3. The molecular weight excluding hydrogens is 286 g/mol. The first kappa shape index (κ1) is 13.5. The van der Waals surface area contributed by atoms with Gasteiger partial charge in [-0.1, -0.05) is 18.2 Å². The van der Waals surface area contributed by atoms with E-state index in [2.05, 4.69) is 11.1 Å². The summed E-state index contributed by atoms with van der Waals surface area (Å²) in [6.07, 6.45) is 0. The van der Waals surface area contributed by atoms with Crippen LogP contribution in [0, 0.1) is 11.3 Å². The molecule has 0 amide bonds. The van der Waals surface area contributed by atoms with Crippen molar-refractivity contribution in [2.24, 2.45) is 0 Å². The van der Waals surface area contributed by atoms with Crippen LogP contribution in [0.2, 0.25) is 0 Å². The van der Waals surface area contributed by atoms with Gasteiger partial charge in [0.05, 0.1) is 29.8 Å². The highest BCUT2D eigenvalue weighted by molar-refractivity contribution is 6.17. The maximum Gasteiger partial charge on any atom is 0.142 e. The van der Waals surface area contributed by atoms with Gasteiger partial charge in [-0.3, -0.25) is 4.57 Å². The van der Waals surface area contributed by atoms with Crippen molar-refractivity contribution in [1.82, 2.24) is 9.55 Å². The van der Waals surface area contributed by atoms with E-state index in [1.165, 1.54) is 0 Å². The zero-order chi connectivity index (χ0) is 14.8. The molecule has 0 fully saturated rings. The smallest absolute Gasteiger partial charge is 0.142 e. The molecule has 3 rings (SSSR count). The molecule has 0 aliphatic carbocycles. The van der Waals surface area contributed by atoms with Crippen molar-refractivity contribution < 1.29 is 4.74 Å². The monoisotopic (exact) mass is 297 g/mol. The minimum Gasteiger partial charge on any atom is -0.495 e. The first-order valence-corrected chi connectivity index (χ1v) is 6.93. The fourth-order valence-electron chi connectivity index (χ4n) is 2.41. The lowest BCUT2D eigenvalue weighted by molar-refractivity contribution is 0.413. The normalized spacial score (nSPS) is 10.5. The Kier molecular flexibility index (Phi) is 3.51. The second-order valence-electron chi connectivity index (χ2n) is 4.45. The molecule has 0 unspecified atom stereocenters. The minimum atomic E-state index is 0.248. The van der Waals surface area contributed by atoms with Gasteiger partial charge in [0.15, 0.2) is 0 Å². The topological polar surface area (TPSA) is 50.8 Å². The Hall–Kier alpha value is -2.51. The molecule has 0 aliphatic heterocycles. The molecule has 104 valence electrons. The third-order valence-electron chi connectivity index (χ3n) is 3.32. The number of rotatable bonds is 3. The summed E-state index contributed by atoms with van der Waals surface area (Å²) in [5.74, 6) is 1.65. The van der Waals surface area contributed by atoms with Gasteiger partial charge < -0.3 is 4.74 Å². The molecule has 1 aromatic heterocycles. The lowest BCUT2D eigenvalue weighted by Gasteiger charge is -2.12. The van der Waals surface area contributed by atoms with E-state index < -0.39 is 0 Å². The Morgan fingerprint density at radius 2 is 2.05 bits per heavy atom. The number of imidazole rings is 1. The highest BCUT2D eigenvalue weighted by Crippen LogP contribution is 2.30. The van der Waals surface area contributed by atoms with Gasteiger partial charge in [-0.25, -0.2) is 4.98 Å². The van der Waals surface area contributed by atoms with Crippen LogP contribution in [-0.2, 0) is 5.88 Å². The largest absolute Gasteiger partial charge is 0.495 e. The number of benzene rings is 2. The molecule has 4 nitrogen and oxygen atoms in total. The predicted octanol–water partition coefficient (Wildman–Crippen LogP) is 3.64. The van der Waals surface area contributed by atoms with E-state index in [1.54, 1.807) is 13.2 Å². The second kappa shape index (κ2) is 5.47. The SMILES string of the molecule is COc1ccccc1-n1c(CCl)nc2c(C#N)cccc21. The number of para-hydroxylation sites is 3. The highest BCUT2D eigenvalue weighted by atomic mass is 35.5. The van der Waals surface area contributed by atoms with Gasteiger partial charge in [-0.05, 0) is 24.3 Å². The number of nitriles is 1. The zero-order valence-electron chi connectivity index (χ0n) is 11.4. The molecule has 2 aromatic carbocycles. The molecule has 0 atom stereocenters. The van der Waals surface area contributed by atoms with Crippen LogP contribution < -0.4 is 4.74 Å². The molecular formula is C16H12ClN3O. The van der Waals surface area contributed by atoms with E-state index in [4.69, 9.17) is 16.3 Å². The van der Waals surface area contributed by atoms with Crippen LogP contribution in [0.3, 0.4) is 0 Å². The highest BCUT2D eigenvalue weighted by Gasteiger charge is 2.16. The van der Waals surface area contributed by atoms with E-state index in [1.807, 2.05) is 41.0 Å². The fraction of sp³-hybridized carbons (Fsp3) is 0.125. The van der Waals surface area contributed by atoms with E-state index in [9.17, 15) is 5.26 Å².